The lowest BCUT2D eigenvalue weighted by atomic mass is 10.0. The molecule has 152 valence electrons. The Bertz CT molecular complexity index is 1210. The highest BCUT2D eigenvalue weighted by Gasteiger charge is 2.12. The van der Waals surface area contributed by atoms with E-state index in [0.29, 0.717) is 29.4 Å². The number of imidazole rings is 1. The Morgan fingerprint density at radius 1 is 1.00 bits per heavy atom. The molecule has 1 amide bonds. The zero-order valence-electron chi connectivity index (χ0n) is 17.2. The molecule has 0 unspecified atom stereocenters. The van der Waals surface area contributed by atoms with E-state index < -0.39 is 0 Å². The Kier molecular flexibility index (Phi) is 5.39. The van der Waals surface area contributed by atoms with Crippen molar-refractivity contribution in [2.24, 2.45) is 0 Å². The van der Waals surface area contributed by atoms with Crippen LogP contribution >= 0.6 is 0 Å². The van der Waals surface area contributed by atoms with Gasteiger partial charge in [-0.2, -0.15) is 0 Å². The predicted molar refractivity (Wildman–Crippen MR) is 118 cm³/mol. The summed E-state index contributed by atoms with van der Waals surface area (Å²) in [5, 5.41) is 5.30. The van der Waals surface area contributed by atoms with Crippen molar-refractivity contribution in [2.75, 3.05) is 19.5 Å². The summed E-state index contributed by atoms with van der Waals surface area (Å²) in [6.45, 7) is 2.78. The minimum atomic E-state index is -0.262. The third-order valence-electron chi connectivity index (χ3n) is 5.11. The van der Waals surface area contributed by atoms with Gasteiger partial charge < -0.3 is 19.4 Å². The number of hydrogen-bond donors (Lipinski definition) is 1. The Hall–Kier alpha value is -3.80. The third kappa shape index (κ3) is 3.85. The van der Waals surface area contributed by atoms with Crippen molar-refractivity contribution in [3.63, 3.8) is 0 Å². The molecule has 0 spiro atoms. The number of nitrogens with zero attached hydrogens (tertiary/aromatic N) is 2. The van der Waals surface area contributed by atoms with Crippen LogP contribution in [-0.4, -0.2) is 29.7 Å². The second kappa shape index (κ2) is 8.29. The predicted octanol–water partition coefficient (Wildman–Crippen LogP) is 4.66. The van der Waals surface area contributed by atoms with Crippen LogP contribution in [0.2, 0.25) is 0 Å². The lowest BCUT2D eigenvalue weighted by molar-refractivity contribution is 0.102. The minimum Gasteiger partial charge on any atom is -0.493 e. The number of methoxy groups -OCH3 is 2. The smallest absolute Gasteiger partial charge is 0.256 e. The Balaban J connectivity index is 1.51. The molecule has 0 aliphatic heterocycles. The number of ether oxygens (including phenoxy) is 2. The number of benzene rings is 3. The molecule has 0 bridgehead atoms. The fraction of sp³-hybridized carbons (Fsp3) is 0.167. The summed E-state index contributed by atoms with van der Waals surface area (Å²) in [5.74, 6) is 1.30. The second-order valence-electron chi connectivity index (χ2n) is 7.04. The highest BCUT2D eigenvalue weighted by Crippen LogP contribution is 2.28. The topological polar surface area (TPSA) is 65.4 Å². The maximum atomic E-state index is 12.6. The fourth-order valence-electron chi connectivity index (χ4n) is 3.52. The molecule has 1 heterocycles. The third-order valence-corrected chi connectivity index (χ3v) is 5.11. The molecule has 3 aromatic carbocycles. The molecule has 6 nitrogen and oxygen atoms in total. The average Bonchev–Trinajstić information content (AvgIpc) is 3.22. The minimum absolute atomic E-state index is 0.262. The molecule has 0 aliphatic rings. The van der Waals surface area contributed by atoms with Gasteiger partial charge in [0.2, 0.25) is 0 Å². The van der Waals surface area contributed by atoms with Gasteiger partial charge in [-0.1, -0.05) is 36.4 Å². The average molecular weight is 401 g/mol. The van der Waals surface area contributed by atoms with Crippen molar-refractivity contribution in [1.82, 2.24) is 9.55 Å². The highest BCUT2D eigenvalue weighted by atomic mass is 16.5. The van der Waals surface area contributed by atoms with Gasteiger partial charge in [0.15, 0.2) is 17.3 Å². The SMILES string of the molecule is COc1ccc(C(=O)Nc2cn(Cc3ccc(C)c4ccccc34)cn2)cc1OC. The molecule has 4 rings (SSSR count). The first kappa shape index (κ1) is 19.5. The molecule has 1 N–H and O–H groups in total. The first-order valence-corrected chi connectivity index (χ1v) is 9.61. The molecule has 4 aromatic rings. The quantitative estimate of drug-likeness (QED) is 0.510. The van der Waals surface area contributed by atoms with Crippen LogP contribution in [-0.2, 0) is 6.54 Å². The number of amides is 1. The van der Waals surface area contributed by atoms with Gasteiger partial charge in [-0.3, -0.25) is 4.79 Å². The Morgan fingerprint density at radius 3 is 2.53 bits per heavy atom. The van der Waals surface area contributed by atoms with Gasteiger partial charge in [-0.25, -0.2) is 4.98 Å². The molecule has 0 aliphatic carbocycles. The van der Waals surface area contributed by atoms with Crippen LogP contribution in [0, 0.1) is 6.92 Å². The van der Waals surface area contributed by atoms with Gasteiger partial charge >= 0.3 is 0 Å². The van der Waals surface area contributed by atoms with Crippen molar-refractivity contribution in [3.05, 3.63) is 83.8 Å². The van der Waals surface area contributed by atoms with Gasteiger partial charge in [-0.15, -0.1) is 0 Å². The maximum absolute atomic E-state index is 12.6. The van der Waals surface area contributed by atoms with E-state index in [1.807, 2.05) is 16.8 Å². The summed E-state index contributed by atoms with van der Waals surface area (Å²) in [4.78, 5) is 16.9. The van der Waals surface area contributed by atoms with Gasteiger partial charge in [0.05, 0.1) is 20.5 Å². The van der Waals surface area contributed by atoms with Gasteiger partial charge in [-0.05, 0) is 47.0 Å². The molecule has 6 heteroatoms. The summed E-state index contributed by atoms with van der Waals surface area (Å²) >= 11 is 0. The molecule has 0 radical (unpaired) electrons. The highest BCUT2D eigenvalue weighted by molar-refractivity contribution is 6.04. The molecular weight excluding hydrogens is 378 g/mol. The van der Waals surface area contributed by atoms with Crippen LogP contribution in [0.3, 0.4) is 0 Å². The fourth-order valence-corrected chi connectivity index (χ4v) is 3.52. The largest absolute Gasteiger partial charge is 0.493 e. The van der Waals surface area contributed by atoms with Crippen molar-refractivity contribution < 1.29 is 14.3 Å². The maximum Gasteiger partial charge on any atom is 0.256 e. The van der Waals surface area contributed by atoms with Gasteiger partial charge in [0.1, 0.15) is 0 Å². The Morgan fingerprint density at radius 2 is 1.77 bits per heavy atom. The van der Waals surface area contributed by atoms with Crippen molar-refractivity contribution in [1.29, 1.82) is 0 Å². The van der Waals surface area contributed by atoms with Gasteiger partial charge in [0, 0.05) is 18.3 Å². The number of anilines is 1. The summed E-state index contributed by atoms with van der Waals surface area (Å²) in [5.41, 5.74) is 2.92. The summed E-state index contributed by atoms with van der Waals surface area (Å²) < 4.78 is 12.4. The van der Waals surface area contributed by atoms with Crippen molar-refractivity contribution in [2.45, 2.75) is 13.5 Å². The monoisotopic (exact) mass is 401 g/mol. The Labute approximate surface area is 175 Å². The molecule has 1 aromatic heterocycles. The van der Waals surface area contributed by atoms with E-state index in [1.54, 1.807) is 31.6 Å². The number of carbonyl (C=O) groups is 1. The summed E-state index contributed by atoms with van der Waals surface area (Å²) in [6.07, 6.45) is 3.55. The number of aryl methyl sites for hydroxylation is 1. The molecule has 0 fully saturated rings. The number of aromatic nitrogens is 2. The van der Waals surface area contributed by atoms with Crippen molar-refractivity contribution >= 4 is 22.5 Å². The van der Waals surface area contributed by atoms with Crippen LogP contribution in [0.5, 0.6) is 11.5 Å². The number of rotatable bonds is 6. The van der Waals surface area contributed by atoms with Crippen LogP contribution in [0.1, 0.15) is 21.5 Å². The number of carbonyl (C=O) groups excluding carboxylic acids is 1. The second-order valence-corrected chi connectivity index (χ2v) is 7.04. The number of hydrogen-bond acceptors (Lipinski definition) is 4. The normalized spacial score (nSPS) is 10.8. The van der Waals surface area contributed by atoms with Crippen LogP contribution < -0.4 is 14.8 Å². The van der Waals surface area contributed by atoms with E-state index in [0.717, 1.165) is 0 Å². The van der Waals surface area contributed by atoms with Gasteiger partial charge in [0.25, 0.3) is 5.91 Å². The van der Waals surface area contributed by atoms with Crippen LogP contribution in [0.15, 0.2) is 67.1 Å². The standard InChI is InChI=1S/C24H23N3O3/c1-16-8-9-18(20-7-5-4-6-19(16)20)13-27-14-23(25-15-27)26-24(28)17-10-11-21(29-2)22(12-17)30-3/h4-12,14-15H,13H2,1-3H3,(H,26,28). The molecular formula is C24H23N3O3. The molecule has 0 saturated carbocycles. The first-order chi connectivity index (χ1) is 14.6. The van der Waals surface area contributed by atoms with E-state index >= 15 is 0 Å². The molecule has 0 atom stereocenters. The summed E-state index contributed by atoms with van der Waals surface area (Å²) in [7, 11) is 3.09. The zero-order valence-corrected chi connectivity index (χ0v) is 17.2. The molecule has 30 heavy (non-hydrogen) atoms. The van der Waals surface area contributed by atoms with E-state index in [-0.39, 0.29) is 5.91 Å². The number of fused-ring (bicyclic) bond motifs is 1. The van der Waals surface area contributed by atoms with Crippen LogP contribution in [0.25, 0.3) is 10.8 Å². The first-order valence-electron chi connectivity index (χ1n) is 9.61. The molecule has 0 saturated heterocycles. The zero-order chi connectivity index (χ0) is 21.1. The van der Waals surface area contributed by atoms with E-state index in [1.165, 1.54) is 29.0 Å². The lowest BCUT2D eigenvalue weighted by Gasteiger charge is -2.10. The van der Waals surface area contributed by atoms with E-state index in [4.69, 9.17) is 9.47 Å². The van der Waals surface area contributed by atoms with Crippen molar-refractivity contribution in [3.8, 4) is 11.5 Å². The summed E-state index contributed by atoms with van der Waals surface area (Å²) in [6, 6.07) is 17.7. The lowest BCUT2D eigenvalue weighted by Crippen LogP contribution is -2.12. The number of nitrogens with one attached hydrogen (secondary N) is 1. The van der Waals surface area contributed by atoms with E-state index in [2.05, 4.69) is 47.6 Å². The van der Waals surface area contributed by atoms with E-state index in [9.17, 15) is 4.79 Å². The van der Waals surface area contributed by atoms with Crippen LogP contribution in [0.4, 0.5) is 5.82 Å².